The highest BCUT2D eigenvalue weighted by Crippen LogP contribution is 2.44. The van der Waals surface area contributed by atoms with Gasteiger partial charge in [0.05, 0.1) is 27.9 Å². The summed E-state index contributed by atoms with van der Waals surface area (Å²) in [5.41, 5.74) is 3.91. The fourth-order valence-electron chi connectivity index (χ4n) is 4.57. The van der Waals surface area contributed by atoms with E-state index in [-0.39, 0.29) is 17.4 Å². The first-order valence-electron chi connectivity index (χ1n) is 12.4. The third-order valence-electron chi connectivity index (χ3n) is 6.39. The molecule has 1 amide bonds. The lowest BCUT2D eigenvalue weighted by Crippen LogP contribution is -2.29. The molecule has 0 bridgehead atoms. The van der Waals surface area contributed by atoms with E-state index < -0.39 is 17.7 Å². The highest BCUT2D eigenvalue weighted by atomic mass is 32.1. The molecule has 1 N–H and O–H groups in total. The molecule has 1 aliphatic heterocycles. The van der Waals surface area contributed by atoms with Crippen molar-refractivity contribution in [2.24, 2.45) is 0 Å². The highest BCUT2D eigenvalue weighted by Gasteiger charge is 2.48. The van der Waals surface area contributed by atoms with Gasteiger partial charge in [0.2, 0.25) is 0 Å². The quantitative estimate of drug-likeness (QED) is 0.186. The van der Waals surface area contributed by atoms with E-state index in [0.717, 1.165) is 21.5 Å². The number of aliphatic hydroxyl groups is 1. The topological polar surface area (TPSA) is 83.0 Å². The molecular weight excluding hydrogens is 498 g/mol. The van der Waals surface area contributed by atoms with Gasteiger partial charge in [-0.2, -0.15) is 0 Å². The molecule has 0 radical (unpaired) electrons. The molecule has 0 aliphatic carbocycles. The number of carbonyl (C=O) groups excluding carboxylic acids is 2. The maximum Gasteiger partial charge on any atom is 0.301 e. The van der Waals surface area contributed by atoms with Gasteiger partial charge in [0.15, 0.2) is 5.13 Å². The minimum atomic E-state index is -0.845. The predicted octanol–water partition coefficient (Wildman–Crippen LogP) is 6.08. The van der Waals surface area contributed by atoms with Gasteiger partial charge in [-0.25, -0.2) is 4.98 Å². The molecule has 4 aromatic rings. The summed E-state index contributed by atoms with van der Waals surface area (Å²) in [4.78, 5) is 35.1. The van der Waals surface area contributed by atoms with Crippen LogP contribution in [0.15, 0.2) is 72.3 Å². The predicted molar refractivity (Wildman–Crippen MR) is 152 cm³/mol. The molecule has 1 atom stereocenters. The van der Waals surface area contributed by atoms with Crippen LogP contribution in [0.2, 0.25) is 0 Å². The number of Topliss-reactive ketones (excluding diaryl/α,β-unsaturated/α-hetero) is 1. The number of hydrogen-bond donors (Lipinski definition) is 1. The number of nitrogens with zero attached hydrogens (tertiary/aromatic N) is 3. The molecule has 8 heteroatoms. The second-order valence-electron chi connectivity index (χ2n) is 9.82. The number of amides is 1. The zero-order valence-corrected chi connectivity index (χ0v) is 22.7. The van der Waals surface area contributed by atoms with Gasteiger partial charge in [0.1, 0.15) is 11.5 Å². The maximum atomic E-state index is 13.5. The van der Waals surface area contributed by atoms with Crippen molar-refractivity contribution >= 4 is 49.8 Å². The lowest BCUT2D eigenvalue weighted by Gasteiger charge is -2.23. The molecule has 3 aromatic carbocycles. The van der Waals surface area contributed by atoms with Gasteiger partial charge < -0.3 is 14.7 Å². The molecule has 1 fully saturated rings. The molecule has 2 heterocycles. The fraction of sp³-hybridized carbons (Fsp3) is 0.233. The number of hydrogen-bond acceptors (Lipinski definition) is 7. The van der Waals surface area contributed by atoms with Crippen molar-refractivity contribution < 1.29 is 19.4 Å². The minimum Gasteiger partial charge on any atom is -0.507 e. The summed E-state index contributed by atoms with van der Waals surface area (Å²) in [6.07, 6.45) is -0.0594. The van der Waals surface area contributed by atoms with E-state index in [4.69, 9.17) is 9.72 Å². The van der Waals surface area contributed by atoms with Gasteiger partial charge in [-0.05, 0) is 68.3 Å². The summed E-state index contributed by atoms with van der Waals surface area (Å²) in [5.74, 6) is -1.17. The molecule has 194 valence electrons. The second kappa shape index (κ2) is 9.95. The standard InChI is InChI=1S/C30H29N3O4S/c1-17(2)37-22-8-6-7-20(16-22)27(34)25-26(19-10-12-21(13-11-19)32(4)5)33(29(36)28(25)35)30-31-23-14-9-18(3)15-24(23)38-30/h6-17,26,34H,1-5H3/b27-25+. The summed E-state index contributed by atoms with van der Waals surface area (Å²) in [7, 11) is 3.88. The van der Waals surface area contributed by atoms with Crippen LogP contribution in [0.5, 0.6) is 5.75 Å². The second-order valence-corrected chi connectivity index (χ2v) is 10.8. The molecule has 7 nitrogen and oxygen atoms in total. The van der Waals surface area contributed by atoms with E-state index in [0.29, 0.717) is 22.0 Å². The molecule has 1 aromatic heterocycles. The van der Waals surface area contributed by atoms with Crippen molar-refractivity contribution in [2.45, 2.75) is 32.9 Å². The molecule has 0 spiro atoms. The van der Waals surface area contributed by atoms with Crippen molar-refractivity contribution in [1.29, 1.82) is 0 Å². The molecule has 1 aliphatic rings. The van der Waals surface area contributed by atoms with E-state index in [1.165, 1.54) is 16.2 Å². The van der Waals surface area contributed by atoms with Crippen molar-refractivity contribution in [1.82, 2.24) is 4.98 Å². The number of ether oxygens (including phenoxy) is 1. The molecule has 1 saturated heterocycles. The van der Waals surface area contributed by atoms with E-state index >= 15 is 0 Å². The van der Waals surface area contributed by atoms with Gasteiger partial charge in [0, 0.05) is 25.3 Å². The van der Waals surface area contributed by atoms with E-state index in [1.807, 2.05) is 82.2 Å². The van der Waals surface area contributed by atoms with Crippen molar-refractivity contribution in [3.63, 3.8) is 0 Å². The zero-order chi connectivity index (χ0) is 27.1. The molecule has 0 saturated carbocycles. The summed E-state index contributed by atoms with van der Waals surface area (Å²) in [6.45, 7) is 5.82. The van der Waals surface area contributed by atoms with Gasteiger partial charge >= 0.3 is 5.91 Å². The molecule has 5 rings (SSSR count). The average Bonchev–Trinajstić information content (AvgIpc) is 3.41. The zero-order valence-electron chi connectivity index (χ0n) is 21.9. The Bertz CT molecular complexity index is 1570. The monoisotopic (exact) mass is 527 g/mol. The number of ketones is 1. The SMILES string of the molecule is Cc1ccc2nc(N3C(=O)C(=O)/C(=C(/O)c4cccc(OC(C)C)c4)C3c3ccc(N(C)C)cc3)sc2c1. The number of thiazole rings is 1. The fourth-order valence-corrected chi connectivity index (χ4v) is 5.66. The van der Waals surface area contributed by atoms with Crippen molar-refractivity contribution in [3.05, 3.63) is 89.0 Å². The Kier molecular flexibility index (Phi) is 6.67. The minimum absolute atomic E-state index is 0.0183. The maximum absolute atomic E-state index is 13.5. The third kappa shape index (κ3) is 4.63. The van der Waals surface area contributed by atoms with Crippen LogP contribution in [-0.4, -0.2) is 42.0 Å². The number of aliphatic hydroxyl groups excluding tert-OH is 1. The van der Waals surface area contributed by atoms with Gasteiger partial charge in [-0.15, -0.1) is 0 Å². The third-order valence-corrected chi connectivity index (χ3v) is 7.41. The Morgan fingerprint density at radius 2 is 1.79 bits per heavy atom. The number of carbonyl (C=O) groups is 2. The Labute approximate surface area is 225 Å². The Hall–Kier alpha value is -4.17. The summed E-state index contributed by atoms with van der Waals surface area (Å²) >= 11 is 1.35. The first-order chi connectivity index (χ1) is 18.1. The number of fused-ring (bicyclic) bond motifs is 1. The van der Waals surface area contributed by atoms with Gasteiger partial charge in [-0.3, -0.25) is 14.5 Å². The van der Waals surface area contributed by atoms with Crippen LogP contribution in [0.1, 0.15) is 36.6 Å². The van der Waals surface area contributed by atoms with Gasteiger partial charge in [0.25, 0.3) is 5.78 Å². The van der Waals surface area contributed by atoms with Crippen LogP contribution >= 0.6 is 11.3 Å². The molecule has 1 unspecified atom stereocenters. The van der Waals surface area contributed by atoms with Crippen LogP contribution < -0.4 is 14.5 Å². The number of benzene rings is 3. The van der Waals surface area contributed by atoms with Crippen molar-refractivity contribution in [2.75, 3.05) is 23.9 Å². The van der Waals surface area contributed by atoms with Gasteiger partial charge in [-0.1, -0.05) is 41.7 Å². The Morgan fingerprint density at radius 1 is 1.05 bits per heavy atom. The average molecular weight is 528 g/mol. The molecule has 38 heavy (non-hydrogen) atoms. The smallest absolute Gasteiger partial charge is 0.301 e. The first kappa shape index (κ1) is 25.5. The lowest BCUT2D eigenvalue weighted by molar-refractivity contribution is -0.132. The first-order valence-corrected chi connectivity index (χ1v) is 13.2. The van der Waals surface area contributed by atoms with E-state index in [9.17, 15) is 14.7 Å². The number of aromatic nitrogens is 1. The largest absolute Gasteiger partial charge is 0.507 e. The Balaban J connectivity index is 1.69. The van der Waals surface area contributed by atoms with Crippen LogP contribution in [-0.2, 0) is 9.59 Å². The van der Waals surface area contributed by atoms with E-state index in [1.54, 1.807) is 24.3 Å². The summed E-state index contributed by atoms with van der Waals surface area (Å²) < 4.78 is 6.71. The number of aryl methyl sites for hydroxylation is 1. The Morgan fingerprint density at radius 3 is 2.47 bits per heavy atom. The van der Waals surface area contributed by atoms with Crippen molar-refractivity contribution in [3.8, 4) is 5.75 Å². The number of anilines is 2. The summed E-state index contributed by atoms with van der Waals surface area (Å²) in [5, 5.41) is 11.9. The van der Waals surface area contributed by atoms with Crippen LogP contribution in [0.3, 0.4) is 0 Å². The van der Waals surface area contributed by atoms with Crippen LogP contribution in [0, 0.1) is 6.92 Å². The summed E-state index contributed by atoms with van der Waals surface area (Å²) in [6, 6.07) is 19.5. The molecular formula is C30H29N3O4S. The highest BCUT2D eigenvalue weighted by molar-refractivity contribution is 7.22. The number of rotatable bonds is 6. The lowest BCUT2D eigenvalue weighted by atomic mass is 9.95. The normalized spacial score (nSPS) is 17.0. The van der Waals surface area contributed by atoms with Crippen LogP contribution in [0.25, 0.3) is 16.0 Å². The van der Waals surface area contributed by atoms with E-state index in [2.05, 4.69) is 0 Å². The van der Waals surface area contributed by atoms with Crippen LogP contribution in [0.4, 0.5) is 10.8 Å².